The van der Waals surface area contributed by atoms with Crippen LogP contribution in [-0.2, 0) is 0 Å². The van der Waals surface area contributed by atoms with Crippen molar-refractivity contribution in [3.63, 3.8) is 0 Å². The molecular weight excluding hydrogens is 496 g/mol. The van der Waals surface area contributed by atoms with Crippen molar-refractivity contribution in [3.05, 3.63) is 44.8 Å². The van der Waals surface area contributed by atoms with Crippen LogP contribution in [0.25, 0.3) is 0 Å². The van der Waals surface area contributed by atoms with Crippen LogP contribution in [0.3, 0.4) is 0 Å². The fourth-order valence-electron chi connectivity index (χ4n) is 4.13. The highest BCUT2D eigenvalue weighted by atomic mass is 79.9. The van der Waals surface area contributed by atoms with E-state index >= 15 is 0 Å². The molecule has 2 aliphatic rings. The van der Waals surface area contributed by atoms with Gasteiger partial charge in [-0.05, 0) is 60.9 Å². The summed E-state index contributed by atoms with van der Waals surface area (Å²) in [6.45, 7) is 6.55. The molecule has 0 aromatic carbocycles. The number of carbonyl (C=O) groups is 2. The molecule has 4 heterocycles. The van der Waals surface area contributed by atoms with Crippen molar-refractivity contribution in [2.45, 2.75) is 25.8 Å². The molecule has 8 nitrogen and oxygen atoms in total. The van der Waals surface area contributed by atoms with Crippen LogP contribution in [0.2, 0.25) is 5.15 Å². The molecule has 2 N–H and O–H groups in total. The van der Waals surface area contributed by atoms with Crippen LogP contribution in [0, 0.1) is 6.92 Å². The number of halogens is 2. The van der Waals surface area contributed by atoms with Gasteiger partial charge in [0.15, 0.2) is 0 Å². The summed E-state index contributed by atoms with van der Waals surface area (Å²) in [5.41, 5.74) is 2.06. The predicted molar refractivity (Wildman–Crippen MR) is 129 cm³/mol. The van der Waals surface area contributed by atoms with E-state index in [2.05, 4.69) is 48.1 Å². The lowest BCUT2D eigenvalue weighted by Crippen LogP contribution is -2.47. The SMILES string of the molecule is Cc1[nH]c(C(=O)NC2CCN(c3cc(C(=O)N4CCN(C)CC4)cc(Cl)n3)CC2)cc1Br. The van der Waals surface area contributed by atoms with Crippen LogP contribution >= 0.6 is 27.5 Å². The molecule has 0 unspecified atom stereocenters. The Labute approximate surface area is 201 Å². The number of aryl methyl sites for hydroxylation is 1. The van der Waals surface area contributed by atoms with Gasteiger partial charge in [0.2, 0.25) is 0 Å². The van der Waals surface area contributed by atoms with Gasteiger partial charge in [-0.25, -0.2) is 4.98 Å². The van der Waals surface area contributed by atoms with E-state index in [-0.39, 0.29) is 17.9 Å². The molecule has 2 aliphatic heterocycles. The second kappa shape index (κ2) is 9.80. The van der Waals surface area contributed by atoms with Gasteiger partial charge in [0.25, 0.3) is 11.8 Å². The molecule has 2 aromatic heterocycles. The monoisotopic (exact) mass is 522 g/mol. The highest BCUT2D eigenvalue weighted by molar-refractivity contribution is 9.10. The molecule has 0 spiro atoms. The lowest BCUT2D eigenvalue weighted by Gasteiger charge is -2.34. The molecule has 0 atom stereocenters. The van der Waals surface area contributed by atoms with Gasteiger partial charge in [0.05, 0.1) is 0 Å². The number of hydrogen-bond donors (Lipinski definition) is 2. The highest BCUT2D eigenvalue weighted by Crippen LogP contribution is 2.24. The van der Waals surface area contributed by atoms with Gasteiger partial charge in [0.1, 0.15) is 16.7 Å². The Hall–Kier alpha value is -2.10. The molecule has 0 saturated carbocycles. The predicted octanol–water partition coefficient (Wildman–Crippen LogP) is 2.92. The Morgan fingerprint density at radius 1 is 1.12 bits per heavy atom. The van der Waals surface area contributed by atoms with E-state index in [4.69, 9.17) is 11.6 Å². The Bertz CT molecular complexity index is 977. The number of pyridine rings is 1. The number of nitrogens with one attached hydrogen (secondary N) is 2. The first-order valence-electron chi connectivity index (χ1n) is 10.9. The highest BCUT2D eigenvalue weighted by Gasteiger charge is 2.25. The molecule has 2 aromatic rings. The maximum Gasteiger partial charge on any atom is 0.267 e. The standard InChI is InChI=1S/C22H28BrClN6O2/c1-14-17(23)13-18(25-14)21(31)26-16-3-5-29(6-4-16)20-12-15(11-19(24)27-20)22(32)30-9-7-28(2)8-10-30/h11-13,16,25H,3-10H2,1-2H3,(H,26,31). The molecule has 0 bridgehead atoms. The van der Waals surface area contributed by atoms with Crippen molar-refractivity contribution in [1.29, 1.82) is 0 Å². The first kappa shape index (κ1) is 23.1. The lowest BCUT2D eigenvalue weighted by molar-refractivity contribution is 0.0663. The number of aromatic amines is 1. The van der Waals surface area contributed by atoms with Crippen LogP contribution < -0.4 is 10.2 Å². The van der Waals surface area contributed by atoms with E-state index in [1.165, 1.54) is 0 Å². The lowest BCUT2D eigenvalue weighted by atomic mass is 10.0. The Morgan fingerprint density at radius 2 is 1.81 bits per heavy atom. The van der Waals surface area contributed by atoms with E-state index in [0.717, 1.165) is 49.2 Å². The maximum absolute atomic E-state index is 13.0. The fourth-order valence-corrected chi connectivity index (χ4v) is 4.66. The number of anilines is 1. The fraction of sp³-hybridized carbons (Fsp3) is 0.500. The van der Waals surface area contributed by atoms with Gasteiger partial charge in [-0.1, -0.05) is 11.6 Å². The van der Waals surface area contributed by atoms with Crippen molar-refractivity contribution in [2.75, 3.05) is 51.2 Å². The minimum absolute atomic E-state index is 0.00167. The van der Waals surface area contributed by atoms with Crippen LogP contribution in [0.5, 0.6) is 0 Å². The number of likely N-dealkylation sites (N-methyl/N-ethyl adjacent to an activating group) is 1. The smallest absolute Gasteiger partial charge is 0.267 e. The third kappa shape index (κ3) is 5.27. The number of aromatic nitrogens is 2. The summed E-state index contributed by atoms with van der Waals surface area (Å²) in [7, 11) is 2.06. The first-order valence-corrected chi connectivity index (χ1v) is 12.0. The number of H-pyrrole nitrogens is 1. The van der Waals surface area contributed by atoms with Crippen molar-refractivity contribution in [3.8, 4) is 0 Å². The number of piperidine rings is 1. The number of nitrogens with zero attached hydrogens (tertiary/aromatic N) is 4. The average Bonchev–Trinajstić information content (AvgIpc) is 3.12. The van der Waals surface area contributed by atoms with Crippen molar-refractivity contribution < 1.29 is 9.59 Å². The zero-order valence-corrected chi connectivity index (χ0v) is 20.7. The third-order valence-corrected chi connectivity index (χ3v) is 7.19. The summed E-state index contributed by atoms with van der Waals surface area (Å²) < 4.78 is 0.895. The number of amides is 2. The molecule has 0 aliphatic carbocycles. The molecule has 172 valence electrons. The van der Waals surface area contributed by atoms with Gasteiger partial charge < -0.3 is 25.0 Å². The zero-order chi connectivity index (χ0) is 22.8. The number of piperazine rings is 1. The Kier molecular flexibility index (Phi) is 7.07. The van der Waals surface area contributed by atoms with Crippen LogP contribution in [0.1, 0.15) is 39.4 Å². The molecule has 0 radical (unpaired) electrons. The molecule has 2 saturated heterocycles. The molecule has 2 fully saturated rings. The summed E-state index contributed by atoms with van der Waals surface area (Å²) >= 11 is 9.70. The normalized spacial score (nSPS) is 18.1. The second-order valence-corrected chi connectivity index (χ2v) is 9.76. The van der Waals surface area contributed by atoms with Gasteiger partial charge in [-0.3, -0.25) is 9.59 Å². The van der Waals surface area contributed by atoms with Gasteiger partial charge in [-0.2, -0.15) is 0 Å². The van der Waals surface area contributed by atoms with Gasteiger partial charge in [-0.15, -0.1) is 0 Å². The van der Waals surface area contributed by atoms with E-state index in [9.17, 15) is 9.59 Å². The van der Waals surface area contributed by atoms with E-state index in [1.54, 1.807) is 12.1 Å². The molecule has 32 heavy (non-hydrogen) atoms. The van der Waals surface area contributed by atoms with Gasteiger partial charge >= 0.3 is 0 Å². The summed E-state index contributed by atoms with van der Waals surface area (Å²) in [5.74, 6) is 0.611. The maximum atomic E-state index is 13.0. The van der Waals surface area contributed by atoms with Crippen molar-refractivity contribution >= 4 is 45.2 Å². The summed E-state index contributed by atoms with van der Waals surface area (Å²) in [5, 5.41) is 3.43. The van der Waals surface area contributed by atoms with E-state index in [0.29, 0.717) is 35.3 Å². The van der Waals surface area contributed by atoms with Crippen LogP contribution in [0.15, 0.2) is 22.7 Å². The largest absolute Gasteiger partial charge is 0.356 e. The van der Waals surface area contributed by atoms with Crippen molar-refractivity contribution in [1.82, 2.24) is 25.1 Å². The second-order valence-electron chi connectivity index (χ2n) is 8.52. The number of rotatable bonds is 4. The summed E-state index contributed by atoms with van der Waals surface area (Å²) in [4.78, 5) is 39.3. The van der Waals surface area contributed by atoms with Gasteiger partial charge in [0, 0.05) is 61.0 Å². The quantitative estimate of drug-likeness (QED) is 0.602. The van der Waals surface area contributed by atoms with Crippen LogP contribution in [0.4, 0.5) is 5.82 Å². The van der Waals surface area contributed by atoms with Crippen molar-refractivity contribution in [2.24, 2.45) is 0 Å². The Morgan fingerprint density at radius 3 is 2.44 bits per heavy atom. The molecular formula is C22H28BrClN6O2. The van der Waals surface area contributed by atoms with E-state index in [1.807, 2.05) is 17.9 Å². The van der Waals surface area contributed by atoms with E-state index < -0.39 is 0 Å². The zero-order valence-electron chi connectivity index (χ0n) is 18.3. The average molecular weight is 524 g/mol. The minimum atomic E-state index is -0.0989. The third-order valence-electron chi connectivity index (χ3n) is 6.17. The molecule has 10 heteroatoms. The summed E-state index contributed by atoms with van der Waals surface area (Å²) in [6.07, 6.45) is 1.59. The van der Waals surface area contributed by atoms with Crippen LogP contribution in [-0.4, -0.2) is 83.9 Å². The molecule has 2 amide bonds. The summed E-state index contributed by atoms with van der Waals surface area (Å²) in [6, 6.07) is 5.38. The topological polar surface area (TPSA) is 84.6 Å². The number of carbonyl (C=O) groups excluding carboxylic acids is 2. The Balaban J connectivity index is 1.37. The minimum Gasteiger partial charge on any atom is -0.356 e. The first-order chi connectivity index (χ1) is 15.3. The molecule has 4 rings (SSSR count). The number of hydrogen-bond acceptors (Lipinski definition) is 5.